The van der Waals surface area contributed by atoms with Crippen LogP contribution in [0.15, 0.2) is 42.7 Å². The topological polar surface area (TPSA) is 17.8 Å². The van der Waals surface area contributed by atoms with Crippen molar-refractivity contribution in [2.45, 2.75) is 31.2 Å². The summed E-state index contributed by atoms with van der Waals surface area (Å²) in [5.41, 5.74) is 1.25. The Morgan fingerprint density at radius 1 is 1.18 bits per heavy atom. The number of aromatic nitrogens is 2. The summed E-state index contributed by atoms with van der Waals surface area (Å²) >= 11 is 0. The summed E-state index contributed by atoms with van der Waals surface area (Å²) in [6.07, 6.45) is 7.27. The summed E-state index contributed by atoms with van der Waals surface area (Å²) < 4.78 is 14.9. The summed E-state index contributed by atoms with van der Waals surface area (Å²) in [7, 11) is 0. The summed E-state index contributed by atoms with van der Waals surface area (Å²) in [6.45, 7) is 0. The second kappa shape index (κ2) is 4.32. The molecule has 0 aliphatic heterocycles. The fourth-order valence-electron chi connectivity index (χ4n) is 2.73. The van der Waals surface area contributed by atoms with Crippen LogP contribution in [0.4, 0.5) is 4.39 Å². The Kier molecular flexibility index (Phi) is 2.67. The summed E-state index contributed by atoms with van der Waals surface area (Å²) in [5.74, 6) is 0.389. The highest BCUT2D eigenvalue weighted by molar-refractivity contribution is 5.21. The van der Waals surface area contributed by atoms with Crippen molar-refractivity contribution in [3.8, 4) is 0 Å². The van der Waals surface area contributed by atoms with Gasteiger partial charge < -0.3 is 0 Å². The van der Waals surface area contributed by atoms with E-state index in [9.17, 15) is 4.39 Å². The Labute approximate surface area is 100 Å². The van der Waals surface area contributed by atoms with Gasteiger partial charge in [-0.15, -0.1) is 0 Å². The Morgan fingerprint density at radius 2 is 2.00 bits per heavy atom. The zero-order chi connectivity index (χ0) is 11.7. The molecule has 0 N–H and O–H groups in total. The van der Waals surface area contributed by atoms with Gasteiger partial charge in [-0.3, -0.25) is 4.68 Å². The monoisotopic (exact) mass is 230 g/mol. The quantitative estimate of drug-likeness (QED) is 0.771. The van der Waals surface area contributed by atoms with Gasteiger partial charge in [0.25, 0.3) is 0 Å². The Hall–Kier alpha value is -1.64. The maximum Gasteiger partial charge on any atom is 0.123 e. The number of hydrogen-bond donors (Lipinski definition) is 0. The van der Waals surface area contributed by atoms with E-state index in [4.69, 9.17) is 0 Å². The number of hydrogen-bond acceptors (Lipinski definition) is 1. The molecule has 3 heteroatoms. The lowest BCUT2D eigenvalue weighted by Gasteiger charge is -2.12. The van der Waals surface area contributed by atoms with E-state index >= 15 is 0 Å². The van der Waals surface area contributed by atoms with Gasteiger partial charge in [0.15, 0.2) is 0 Å². The lowest BCUT2D eigenvalue weighted by Crippen LogP contribution is -2.05. The Morgan fingerprint density at radius 3 is 2.71 bits per heavy atom. The first kappa shape index (κ1) is 10.5. The van der Waals surface area contributed by atoms with Gasteiger partial charge in [-0.2, -0.15) is 5.10 Å². The van der Waals surface area contributed by atoms with E-state index in [0.717, 1.165) is 19.3 Å². The number of halogens is 1. The molecule has 17 heavy (non-hydrogen) atoms. The van der Waals surface area contributed by atoms with Crippen molar-refractivity contribution in [3.05, 3.63) is 54.1 Å². The molecule has 1 heterocycles. The van der Waals surface area contributed by atoms with Crippen LogP contribution in [0, 0.1) is 5.82 Å². The fraction of sp³-hybridized carbons (Fsp3) is 0.357. The molecular weight excluding hydrogens is 215 g/mol. The maximum atomic E-state index is 12.9. The van der Waals surface area contributed by atoms with Crippen molar-refractivity contribution in [1.29, 1.82) is 0 Å². The lowest BCUT2D eigenvalue weighted by molar-refractivity contribution is 0.461. The number of rotatable bonds is 2. The van der Waals surface area contributed by atoms with Gasteiger partial charge in [-0.1, -0.05) is 12.1 Å². The first-order valence-corrected chi connectivity index (χ1v) is 6.07. The van der Waals surface area contributed by atoms with Crippen molar-refractivity contribution < 1.29 is 4.39 Å². The van der Waals surface area contributed by atoms with Crippen LogP contribution in [0.3, 0.4) is 0 Å². The summed E-state index contributed by atoms with van der Waals surface area (Å²) in [5, 5.41) is 4.30. The molecule has 2 aromatic rings. The first-order chi connectivity index (χ1) is 8.33. The molecule has 0 bridgehead atoms. The largest absolute Gasteiger partial charge is 0.270 e. The van der Waals surface area contributed by atoms with Crippen molar-refractivity contribution in [1.82, 2.24) is 9.78 Å². The average Bonchev–Trinajstić information content (AvgIpc) is 3.00. The van der Waals surface area contributed by atoms with Crippen LogP contribution in [0.1, 0.15) is 36.8 Å². The molecule has 2 nitrogen and oxygen atoms in total. The van der Waals surface area contributed by atoms with E-state index in [-0.39, 0.29) is 5.82 Å². The minimum Gasteiger partial charge on any atom is -0.270 e. The van der Waals surface area contributed by atoms with Gasteiger partial charge in [0.1, 0.15) is 5.82 Å². The van der Waals surface area contributed by atoms with Crippen LogP contribution < -0.4 is 0 Å². The molecule has 1 aliphatic carbocycles. The molecular formula is C14H15FN2. The SMILES string of the molecule is Fc1ccc(C2CCC(n3cccn3)C2)cc1. The molecule has 1 aromatic carbocycles. The van der Waals surface area contributed by atoms with E-state index in [1.807, 2.05) is 35.3 Å². The summed E-state index contributed by atoms with van der Waals surface area (Å²) in [6, 6.07) is 9.38. The van der Waals surface area contributed by atoms with Crippen molar-refractivity contribution in [2.24, 2.45) is 0 Å². The Bertz CT molecular complexity index is 475. The first-order valence-electron chi connectivity index (χ1n) is 6.07. The molecule has 2 atom stereocenters. The minimum atomic E-state index is -0.157. The Balaban J connectivity index is 1.74. The van der Waals surface area contributed by atoms with E-state index in [1.54, 1.807) is 12.1 Å². The smallest absolute Gasteiger partial charge is 0.123 e. The van der Waals surface area contributed by atoms with E-state index < -0.39 is 0 Å². The van der Waals surface area contributed by atoms with Gasteiger partial charge in [-0.05, 0) is 48.9 Å². The van der Waals surface area contributed by atoms with E-state index in [0.29, 0.717) is 12.0 Å². The highest BCUT2D eigenvalue weighted by atomic mass is 19.1. The van der Waals surface area contributed by atoms with E-state index in [2.05, 4.69) is 5.10 Å². The maximum absolute atomic E-state index is 12.9. The zero-order valence-corrected chi connectivity index (χ0v) is 9.59. The fourth-order valence-corrected chi connectivity index (χ4v) is 2.73. The summed E-state index contributed by atoms with van der Waals surface area (Å²) in [4.78, 5) is 0. The highest BCUT2D eigenvalue weighted by Crippen LogP contribution is 2.40. The van der Waals surface area contributed by atoms with E-state index in [1.165, 1.54) is 5.56 Å². The van der Waals surface area contributed by atoms with Crippen LogP contribution in [0.25, 0.3) is 0 Å². The molecule has 1 saturated carbocycles. The van der Waals surface area contributed by atoms with Crippen LogP contribution in [0.2, 0.25) is 0 Å². The van der Waals surface area contributed by atoms with Crippen LogP contribution in [-0.4, -0.2) is 9.78 Å². The van der Waals surface area contributed by atoms with Crippen molar-refractivity contribution in [3.63, 3.8) is 0 Å². The van der Waals surface area contributed by atoms with Crippen molar-refractivity contribution >= 4 is 0 Å². The molecule has 1 aromatic heterocycles. The molecule has 0 spiro atoms. The highest BCUT2D eigenvalue weighted by Gasteiger charge is 2.27. The normalized spacial score (nSPS) is 24.1. The predicted octanol–water partition coefficient (Wildman–Crippen LogP) is 3.53. The number of benzene rings is 1. The molecule has 3 rings (SSSR count). The molecule has 0 radical (unpaired) electrons. The van der Waals surface area contributed by atoms with Crippen LogP contribution in [0.5, 0.6) is 0 Å². The van der Waals surface area contributed by atoms with Crippen LogP contribution >= 0.6 is 0 Å². The molecule has 2 unspecified atom stereocenters. The second-order valence-electron chi connectivity index (χ2n) is 4.70. The van der Waals surface area contributed by atoms with Crippen molar-refractivity contribution in [2.75, 3.05) is 0 Å². The third-order valence-corrected chi connectivity index (χ3v) is 3.65. The molecule has 88 valence electrons. The molecule has 0 saturated heterocycles. The third-order valence-electron chi connectivity index (χ3n) is 3.65. The molecule has 0 amide bonds. The number of nitrogens with zero attached hydrogens (tertiary/aromatic N) is 2. The van der Waals surface area contributed by atoms with Crippen LogP contribution in [-0.2, 0) is 0 Å². The van der Waals surface area contributed by atoms with Gasteiger partial charge in [-0.25, -0.2) is 4.39 Å². The second-order valence-corrected chi connectivity index (χ2v) is 4.70. The van der Waals surface area contributed by atoms with Gasteiger partial charge in [0.05, 0.1) is 6.04 Å². The van der Waals surface area contributed by atoms with Gasteiger partial charge >= 0.3 is 0 Å². The minimum absolute atomic E-state index is 0.157. The zero-order valence-electron chi connectivity index (χ0n) is 9.59. The van der Waals surface area contributed by atoms with Gasteiger partial charge in [0.2, 0.25) is 0 Å². The standard InChI is InChI=1S/C14H15FN2/c15-13-5-2-11(3-6-13)12-4-7-14(10-12)17-9-1-8-16-17/h1-3,5-6,8-9,12,14H,4,7,10H2. The average molecular weight is 230 g/mol. The predicted molar refractivity (Wildman–Crippen MR) is 64.3 cm³/mol. The lowest BCUT2D eigenvalue weighted by atomic mass is 9.97. The molecule has 1 aliphatic rings. The van der Waals surface area contributed by atoms with Gasteiger partial charge in [0, 0.05) is 12.4 Å². The molecule has 1 fully saturated rings. The third kappa shape index (κ3) is 2.09.